The first-order valence-corrected chi connectivity index (χ1v) is 25.9. The van der Waals surface area contributed by atoms with E-state index in [-0.39, 0.29) is 34.0 Å². The quantitative estimate of drug-likeness (QED) is 0.146. The highest BCUT2D eigenvalue weighted by Crippen LogP contribution is 2.68. The number of rotatable bonds is 0. The van der Waals surface area contributed by atoms with E-state index in [1.807, 2.05) is 26.0 Å². The van der Waals surface area contributed by atoms with Gasteiger partial charge < -0.3 is 28.4 Å². The number of ether oxygens (including phenoxy) is 6. The Balaban J connectivity index is 0.000000158. The van der Waals surface area contributed by atoms with Crippen molar-refractivity contribution in [3.05, 3.63) is 45.5 Å². The molecule has 4 aliphatic carbocycles. The lowest BCUT2D eigenvalue weighted by Gasteiger charge is -2.64. The van der Waals surface area contributed by atoms with Gasteiger partial charge in [-0.2, -0.15) is 0 Å². The molecule has 8 nitrogen and oxygen atoms in total. The first-order valence-electron chi connectivity index (χ1n) is 23.4. The highest BCUT2D eigenvalue weighted by atomic mass is 127. The van der Waals surface area contributed by atoms with Crippen LogP contribution >= 0.6 is 45.2 Å². The highest BCUT2D eigenvalue weighted by molar-refractivity contribution is 14.1. The van der Waals surface area contributed by atoms with Crippen LogP contribution in [-0.4, -0.2) is 42.6 Å². The number of benzene rings is 2. The standard InChI is InChI=1S/2C26H35IO4/c2*1-14-12-16-15(21-20(14)22(28)31-24(4,5)30-21)13-18-25(6)10-9-19(27)23(2,3)17(25)8-11-26(18,7)29-16/h2*12,17-19H,8-11,13H2,1-7H3/t2*17-,18+,19-,25-,26+/m00/s1. The number of carbonyl (C=O) groups is 2. The fraction of sp³-hybridized carbons (Fsp3) is 0.731. The van der Waals surface area contributed by atoms with Gasteiger partial charge in [-0.15, -0.1) is 0 Å². The molecule has 10 atom stereocenters. The van der Waals surface area contributed by atoms with E-state index in [4.69, 9.17) is 28.4 Å². The lowest BCUT2D eigenvalue weighted by atomic mass is 9.44. The Morgan fingerprint density at radius 1 is 0.484 bits per heavy atom. The van der Waals surface area contributed by atoms with Gasteiger partial charge in [-0.3, -0.25) is 0 Å². The van der Waals surface area contributed by atoms with Gasteiger partial charge in [0.2, 0.25) is 11.6 Å². The largest absolute Gasteiger partial charge is 0.487 e. The number of hydrogen-bond acceptors (Lipinski definition) is 8. The van der Waals surface area contributed by atoms with Gasteiger partial charge in [-0.05, 0) is 149 Å². The third-order valence-electron chi connectivity index (χ3n) is 18.2. The number of cyclic esters (lactones) is 2. The van der Waals surface area contributed by atoms with Crippen molar-refractivity contribution in [1.29, 1.82) is 0 Å². The van der Waals surface area contributed by atoms with Gasteiger partial charge in [0.1, 0.15) is 45.3 Å². The number of carbonyl (C=O) groups excluding carboxylic acids is 2. The van der Waals surface area contributed by atoms with Crippen molar-refractivity contribution in [1.82, 2.24) is 0 Å². The minimum Gasteiger partial charge on any atom is -0.487 e. The molecule has 340 valence electrons. The fourth-order valence-corrected chi connectivity index (χ4v) is 16.5. The van der Waals surface area contributed by atoms with Crippen LogP contribution < -0.4 is 18.9 Å². The second-order valence-corrected chi connectivity index (χ2v) is 26.7. The van der Waals surface area contributed by atoms with E-state index < -0.39 is 11.6 Å². The number of halogens is 2. The summed E-state index contributed by atoms with van der Waals surface area (Å²) in [6, 6.07) is 4.05. The van der Waals surface area contributed by atoms with E-state index in [2.05, 4.69) is 101 Å². The van der Waals surface area contributed by atoms with Gasteiger partial charge in [0.15, 0.2) is 0 Å². The monoisotopic (exact) mass is 1080 g/mol. The number of hydrogen-bond donors (Lipinski definition) is 0. The molecular weight excluding hydrogens is 1010 g/mol. The van der Waals surface area contributed by atoms with Crippen LogP contribution in [0.4, 0.5) is 0 Å². The Labute approximate surface area is 398 Å². The number of fused-ring (bicyclic) bond motifs is 12. The molecule has 4 fully saturated rings. The second kappa shape index (κ2) is 14.3. The molecule has 4 heterocycles. The Morgan fingerprint density at radius 2 is 0.839 bits per heavy atom. The van der Waals surface area contributed by atoms with Crippen molar-refractivity contribution in [2.24, 2.45) is 45.3 Å². The molecule has 0 radical (unpaired) electrons. The zero-order valence-corrected chi connectivity index (χ0v) is 44.0. The van der Waals surface area contributed by atoms with Gasteiger partial charge >= 0.3 is 11.9 Å². The molecule has 8 aliphatic rings. The molecule has 0 bridgehead atoms. The van der Waals surface area contributed by atoms with Crippen molar-refractivity contribution in [2.75, 3.05) is 0 Å². The van der Waals surface area contributed by atoms with E-state index in [0.29, 0.717) is 65.0 Å². The zero-order chi connectivity index (χ0) is 45.1. The molecule has 10 heteroatoms. The van der Waals surface area contributed by atoms with E-state index in [0.717, 1.165) is 59.4 Å². The maximum Gasteiger partial charge on any atom is 0.345 e. The lowest BCUT2D eigenvalue weighted by Crippen LogP contribution is -2.63. The van der Waals surface area contributed by atoms with Gasteiger partial charge in [0, 0.05) is 58.5 Å². The maximum atomic E-state index is 12.8. The normalized spacial score (nSPS) is 39.6. The van der Waals surface area contributed by atoms with Crippen LogP contribution in [0, 0.1) is 59.2 Å². The minimum absolute atomic E-state index is 0.183. The lowest BCUT2D eigenvalue weighted by molar-refractivity contribution is -0.162. The summed E-state index contributed by atoms with van der Waals surface area (Å²) in [5.41, 5.74) is 5.65. The highest BCUT2D eigenvalue weighted by Gasteiger charge is 2.64. The van der Waals surface area contributed by atoms with E-state index in [1.165, 1.54) is 38.5 Å². The Bertz CT molecular complexity index is 2090. The predicted octanol–water partition coefficient (Wildman–Crippen LogP) is 13.3. The summed E-state index contributed by atoms with van der Waals surface area (Å²) < 4.78 is 38.8. The molecule has 62 heavy (non-hydrogen) atoms. The van der Waals surface area contributed by atoms with Gasteiger partial charge in [-0.25, -0.2) is 9.59 Å². The summed E-state index contributed by atoms with van der Waals surface area (Å²) in [4.78, 5) is 25.6. The van der Waals surface area contributed by atoms with E-state index >= 15 is 0 Å². The number of esters is 2. The first-order chi connectivity index (χ1) is 28.6. The zero-order valence-electron chi connectivity index (χ0n) is 39.7. The number of alkyl halides is 2. The molecule has 10 rings (SSSR count). The molecule has 0 saturated heterocycles. The molecule has 0 spiro atoms. The summed E-state index contributed by atoms with van der Waals surface area (Å²) >= 11 is 5.36. The van der Waals surface area contributed by atoms with Crippen LogP contribution in [0.25, 0.3) is 0 Å². The van der Waals surface area contributed by atoms with Crippen LogP contribution in [0.5, 0.6) is 23.0 Å². The summed E-state index contributed by atoms with van der Waals surface area (Å²) in [7, 11) is 0. The third kappa shape index (κ3) is 6.69. The average Bonchev–Trinajstić information content (AvgIpc) is 3.12. The molecule has 0 aromatic heterocycles. The van der Waals surface area contributed by atoms with Crippen molar-refractivity contribution < 1.29 is 38.0 Å². The van der Waals surface area contributed by atoms with Gasteiger partial charge in [0.05, 0.1) is 0 Å². The maximum absolute atomic E-state index is 12.8. The fourth-order valence-electron chi connectivity index (χ4n) is 15.0. The summed E-state index contributed by atoms with van der Waals surface area (Å²) in [6.45, 7) is 30.7. The average molecular weight is 1080 g/mol. The molecule has 2 aromatic carbocycles. The molecule has 0 amide bonds. The van der Waals surface area contributed by atoms with E-state index in [1.54, 1.807) is 27.7 Å². The first kappa shape index (κ1) is 45.2. The third-order valence-corrected chi connectivity index (χ3v) is 22.6. The Morgan fingerprint density at radius 3 is 1.19 bits per heavy atom. The molecule has 2 aromatic rings. The molecule has 0 N–H and O–H groups in total. The smallest absolute Gasteiger partial charge is 0.345 e. The Hall–Kier alpha value is -1.96. The van der Waals surface area contributed by atoms with Gasteiger partial charge in [-0.1, -0.05) is 86.7 Å². The van der Waals surface area contributed by atoms with Crippen molar-refractivity contribution >= 4 is 57.1 Å². The topological polar surface area (TPSA) is 89.5 Å². The van der Waals surface area contributed by atoms with Crippen LogP contribution in [0.2, 0.25) is 0 Å². The van der Waals surface area contributed by atoms with Crippen LogP contribution in [0.3, 0.4) is 0 Å². The van der Waals surface area contributed by atoms with Crippen LogP contribution in [-0.2, 0) is 22.3 Å². The molecule has 0 unspecified atom stereocenters. The summed E-state index contributed by atoms with van der Waals surface area (Å²) in [5, 5.41) is 0. The second-order valence-electron chi connectivity index (χ2n) is 23.7. The van der Waals surface area contributed by atoms with Crippen molar-refractivity contribution in [3.63, 3.8) is 0 Å². The summed E-state index contributed by atoms with van der Waals surface area (Å²) in [6.07, 6.45) is 11.3. The van der Waals surface area contributed by atoms with Gasteiger partial charge in [0.25, 0.3) is 0 Å². The van der Waals surface area contributed by atoms with Crippen LogP contribution in [0.15, 0.2) is 12.1 Å². The van der Waals surface area contributed by atoms with Crippen LogP contribution in [0.1, 0.15) is 177 Å². The molecule has 4 saturated carbocycles. The van der Waals surface area contributed by atoms with Crippen molar-refractivity contribution in [3.8, 4) is 23.0 Å². The Kier molecular flexibility index (Phi) is 10.4. The molecular formula is C52H70I2O8. The summed E-state index contributed by atoms with van der Waals surface area (Å²) in [5.74, 6) is 2.77. The minimum atomic E-state index is -0.966. The van der Waals surface area contributed by atoms with E-state index in [9.17, 15) is 9.59 Å². The molecule has 4 aliphatic heterocycles. The van der Waals surface area contributed by atoms with Crippen molar-refractivity contribution in [2.45, 2.75) is 192 Å². The predicted molar refractivity (Wildman–Crippen MR) is 258 cm³/mol. The number of aryl methyl sites for hydroxylation is 2. The SMILES string of the molecule is Cc1cc2c(c3c1C(=O)OC(C)(C)O3)C[C@@H]1[C@@]3(C)CC[C@H](I)C(C)(C)[C@@H]3CC[C@@]1(C)O2.Cc1cc2c(c3c1C(=O)OC(C)(C)O3)C[C@@H]1[C@@]3(C)CC[C@H](I)C(C)(C)[C@@H]3CC[C@@]1(C)O2.